The van der Waals surface area contributed by atoms with Crippen LogP contribution in [0.15, 0.2) is 41.6 Å². The normalized spacial score (nSPS) is 14.4. The van der Waals surface area contributed by atoms with E-state index in [2.05, 4.69) is 5.16 Å². The number of ether oxygens (including phenoxy) is 2. The van der Waals surface area contributed by atoms with Crippen molar-refractivity contribution in [2.24, 2.45) is 5.16 Å². The third-order valence-corrected chi connectivity index (χ3v) is 4.33. The Balaban J connectivity index is 1.82. The molecule has 0 saturated carbocycles. The van der Waals surface area contributed by atoms with Crippen molar-refractivity contribution < 1.29 is 24.0 Å². The van der Waals surface area contributed by atoms with Gasteiger partial charge in [-0.25, -0.2) is 4.79 Å². The van der Waals surface area contributed by atoms with Crippen LogP contribution in [0, 0.1) is 10.1 Å². The highest BCUT2D eigenvalue weighted by Crippen LogP contribution is 2.28. The summed E-state index contributed by atoms with van der Waals surface area (Å²) in [5, 5.41) is 15.1. The van der Waals surface area contributed by atoms with Crippen LogP contribution in [0.2, 0.25) is 0 Å². The van der Waals surface area contributed by atoms with E-state index in [4.69, 9.17) is 14.3 Å². The van der Waals surface area contributed by atoms with Crippen molar-refractivity contribution in [1.82, 2.24) is 0 Å². The Morgan fingerprint density at radius 1 is 1.11 bits per heavy atom. The fourth-order valence-electron chi connectivity index (χ4n) is 2.97. The number of methoxy groups -OCH3 is 2. The smallest absolute Gasteiger partial charge is 0.365 e. The van der Waals surface area contributed by atoms with Gasteiger partial charge in [0.05, 0.1) is 30.4 Å². The first-order chi connectivity index (χ1) is 13.0. The molecule has 0 saturated heterocycles. The zero-order valence-corrected chi connectivity index (χ0v) is 14.9. The van der Waals surface area contributed by atoms with Gasteiger partial charge in [0.1, 0.15) is 5.75 Å². The number of benzene rings is 2. The Morgan fingerprint density at radius 2 is 1.93 bits per heavy atom. The van der Waals surface area contributed by atoms with Crippen LogP contribution in [0.5, 0.6) is 11.5 Å². The van der Waals surface area contributed by atoms with Crippen LogP contribution >= 0.6 is 0 Å². The van der Waals surface area contributed by atoms with E-state index in [1.807, 2.05) is 18.2 Å². The molecule has 1 aliphatic carbocycles. The van der Waals surface area contributed by atoms with Crippen LogP contribution in [0.4, 0.5) is 5.69 Å². The molecule has 2 aromatic carbocycles. The molecular weight excluding hydrogens is 352 g/mol. The predicted molar refractivity (Wildman–Crippen MR) is 97.5 cm³/mol. The maximum Gasteiger partial charge on any atom is 0.365 e. The molecule has 3 rings (SSSR count). The third-order valence-electron chi connectivity index (χ3n) is 4.33. The molecule has 0 N–H and O–H groups in total. The maximum atomic E-state index is 12.3. The Kier molecular flexibility index (Phi) is 5.35. The van der Waals surface area contributed by atoms with Gasteiger partial charge in [0.25, 0.3) is 0 Å². The molecule has 0 unspecified atom stereocenters. The van der Waals surface area contributed by atoms with Crippen molar-refractivity contribution in [3.63, 3.8) is 0 Å². The summed E-state index contributed by atoms with van der Waals surface area (Å²) in [4.78, 5) is 27.8. The lowest BCUT2D eigenvalue weighted by Gasteiger charge is -2.17. The Bertz CT molecular complexity index is 922. The fraction of sp³-hybridized carbons (Fsp3) is 0.263. The second-order valence-corrected chi connectivity index (χ2v) is 5.94. The second-order valence-electron chi connectivity index (χ2n) is 5.94. The Labute approximate surface area is 155 Å². The molecule has 0 heterocycles. The molecule has 8 nitrogen and oxygen atoms in total. The average Bonchev–Trinajstić information content (AvgIpc) is 2.70. The Morgan fingerprint density at radius 3 is 2.63 bits per heavy atom. The van der Waals surface area contributed by atoms with Gasteiger partial charge in [0.2, 0.25) is 0 Å². The number of rotatable bonds is 5. The number of carbonyl (C=O) groups excluding carboxylic acids is 1. The molecule has 0 aromatic heterocycles. The molecule has 0 aliphatic heterocycles. The largest absolute Gasteiger partial charge is 0.497 e. The van der Waals surface area contributed by atoms with E-state index in [1.54, 1.807) is 7.11 Å². The summed E-state index contributed by atoms with van der Waals surface area (Å²) < 4.78 is 10.2. The summed E-state index contributed by atoms with van der Waals surface area (Å²) in [5.74, 6) is 0.0597. The molecule has 0 radical (unpaired) electrons. The zero-order valence-electron chi connectivity index (χ0n) is 14.9. The standard InChI is InChI=1S/C19H18N2O6/c1-25-14-7-8-15-12(10-14)4-3-5-16(15)20-27-19(22)13-6-9-18(26-2)17(11-13)21(23)24/h6-11H,3-5H2,1-2H3/b20-16+. The van der Waals surface area contributed by atoms with Gasteiger partial charge in [-0.15, -0.1) is 0 Å². The highest BCUT2D eigenvalue weighted by molar-refractivity contribution is 6.03. The van der Waals surface area contributed by atoms with Gasteiger partial charge in [-0.05, 0) is 55.2 Å². The van der Waals surface area contributed by atoms with Gasteiger partial charge < -0.3 is 14.3 Å². The number of carbonyl (C=O) groups is 1. The molecule has 2 aromatic rings. The van der Waals surface area contributed by atoms with Crippen LogP contribution in [0.1, 0.15) is 34.3 Å². The van der Waals surface area contributed by atoms with Crippen molar-refractivity contribution in [3.05, 3.63) is 63.2 Å². The lowest BCUT2D eigenvalue weighted by molar-refractivity contribution is -0.385. The van der Waals surface area contributed by atoms with E-state index in [-0.39, 0.29) is 17.0 Å². The van der Waals surface area contributed by atoms with E-state index in [0.29, 0.717) is 12.1 Å². The molecule has 140 valence electrons. The van der Waals surface area contributed by atoms with Gasteiger partial charge in [-0.3, -0.25) is 10.1 Å². The van der Waals surface area contributed by atoms with E-state index in [0.717, 1.165) is 35.8 Å². The van der Waals surface area contributed by atoms with Crippen LogP contribution < -0.4 is 9.47 Å². The van der Waals surface area contributed by atoms with Crippen LogP contribution in [0.3, 0.4) is 0 Å². The molecule has 27 heavy (non-hydrogen) atoms. The van der Waals surface area contributed by atoms with Crippen LogP contribution in [-0.4, -0.2) is 30.8 Å². The monoisotopic (exact) mass is 370 g/mol. The van der Waals surface area contributed by atoms with E-state index in [9.17, 15) is 14.9 Å². The van der Waals surface area contributed by atoms with Crippen LogP contribution in [0.25, 0.3) is 0 Å². The molecule has 0 atom stereocenters. The van der Waals surface area contributed by atoms with Crippen molar-refractivity contribution in [2.75, 3.05) is 14.2 Å². The van der Waals surface area contributed by atoms with Gasteiger partial charge in [0.15, 0.2) is 5.75 Å². The molecule has 0 spiro atoms. The minimum absolute atomic E-state index is 0.0256. The SMILES string of the molecule is COc1ccc2c(c1)CCC/C2=N\OC(=O)c1ccc(OC)c([N+](=O)[O-])c1. The van der Waals surface area contributed by atoms with Crippen molar-refractivity contribution >= 4 is 17.4 Å². The lowest BCUT2D eigenvalue weighted by Crippen LogP contribution is -2.14. The molecular formula is C19H18N2O6. The molecule has 0 fully saturated rings. The van der Waals surface area contributed by atoms with E-state index in [1.165, 1.54) is 19.2 Å². The molecule has 1 aliphatic rings. The van der Waals surface area contributed by atoms with Crippen molar-refractivity contribution in [3.8, 4) is 11.5 Å². The quantitative estimate of drug-likeness (QED) is 0.454. The topological polar surface area (TPSA) is 100 Å². The summed E-state index contributed by atoms with van der Waals surface area (Å²) in [7, 11) is 2.93. The lowest BCUT2D eigenvalue weighted by atomic mass is 9.90. The second kappa shape index (κ2) is 7.86. The highest BCUT2D eigenvalue weighted by Gasteiger charge is 2.21. The van der Waals surface area contributed by atoms with Gasteiger partial charge in [-0.2, -0.15) is 0 Å². The first-order valence-corrected chi connectivity index (χ1v) is 8.31. The number of oxime groups is 1. The highest BCUT2D eigenvalue weighted by atomic mass is 16.7. The predicted octanol–water partition coefficient (Wildman–Crippen LogP) is 3.51. The van der Waals surface area contributed by atoms with Crippen LogP contribution in [-0.2, 0) is 11.3 Å². The van der Waals surface area contributed by atoms with Gasteiger partial charge in [-0.1, -0.05) is 5.16 Å². The number of hydrogen-bond acceptors (Lipinski definition) is 7. The molecule has 8 heteroatoms. The fourth-order valence-corrected chi connectivity index (χ4v) is 2.97. The number of nitro groups is 1. The Hall–Kier alpha value is -3.42. The number of nitro benzene ring substituents is 1. The summed E-state index contributed by atoms with van der Waals surface area (Å²) in [6, 6.07) is 9.52. The van der Waals surface area contributed by atoms with Crippen molar-refractivity contribution in [1.29, 1.82) is 0 Å². The van der Waals surface area contributed by atoms with Gasteiger partial charge >= 0.3 is 11.7 Å². The summed E-state index contributed by atoms with van der Waals surface area (Å²) in [6.07, 6.45) is 2.45. The van der Waals surface area contributed by atoms with Gasteiger partial charge in [0, 0.05) is 11.6 Å². The summed E-state index contributed by atoms with van der Waals surface area (Å²) in [6.45, 7) is 0. The maximum absolute atomic E-state index is 12.3. The van der Waals surface area contributed by atoms with E-state index < -0.39 is 10.9 Å². The summed E-state index contributed by atoms with van der Waals surface area (Å²) in [5.41, 5.74) is 2.37. The first-order valence-electron chi connectivity index (χ1n) is 8.31. The number of aryl methyl sites for hydroxylation is 1. The number of hydrogen-bond donors (Lipinski definition) is 0. The minimum Gasteiger partial charge on any atom is -0.497 e. The summed E-state index contributed by atoms with van der Waals surface area (Å²) >= 11 is 0. The molecule has 0 bridgehead atoms. The number of fused-ring (bicyclic) bond motifs is 1. The third kappa shape index (κ3) is 3.89. The zero-order chi connectivity index (χ0) is 19.4. The average molecular weight is 370 g/mol. The molecule has 0 amide bonds. The first kappa shape index (κ1) is 18.4. The van der Waals surface area contributed by atoms with Crippen molar-refractivity contribution in [2.45, 2.75) is 19.3 Å². The minimum atomic E-state index is -0.770. The van der Waals surface area contributed by atoms with E-state index >= 15 is 0 Å². The number of nitrogens with zero attached hydrogens (tertiary/aromatic N) is 2.